The highest BCUT2D eigenvalue weighted by atomic mass is 32.1. The third kappa shape index (κ3) is 2.60. The number of halogens is 1. The molecule has 0 bridgehead atoms. The largest absolute Gasteiger partial charge is 0.329 e. The summed E-state index contributed by atoms with van der Waals surface area (Å²) >= 11 is 1.17. The van der Waals surface area contributed by atoms with Crippen LogP contribution in [0.2, 0.25) is 0 Å². The first-order valence-electron chi connectivity index (χ1n) is 7.28. The average Bonchev–Trinajstić information content (AvgIpc) is 3.05. The van der Waals surface area contributed by atoms with Gasteiger partial charge in [-0.2, -0.15) is 0 Å². The second-order valence-electron chi connectivity index (χ2n) is 6.08. The fraction of sp³-hybridized carbons (Fsp3) is 0.235. The van der Waals surface area contributed by atoms with Crippen LogP contribution >= 0.6 is 11.3 Å². The standard InChI is InChI=1S/C17H15FN2O3S/c1-9(21)13-6-7-14(24-13)11-8-10(4-5-12(11)18)20-15(22)17(2,3)19-16(20)23/h4-8H,1-3H3,(H,19,23). The molecular formula is C17H15FN2O3S. The number of amides is 3. The molecule has 1 aliphatic heterocycles. The van der Waals surface area contributed by atoms with Crippen molar-refractivity contribution in [2.24, 2.45) is 0 Å². The van der Waals surface area contributed by atoms with Gasteiger partial charge in [0.05, 0.1) is 10.6 Å². The van der Waals surface area contributed by atoms with E-state index in [1.54, 1.807) is 26.0 Å². The Morgan fingerprint density at radius 2 is 1.92 bits per heavy atom. The molecule has 0 unspecified atom stereocenters. The molecule has 0 aliphatic carbocycles. The number of nitrogens with zero attached hydrogens (tertiary/aromatic N) is 1. The summed E-state index contributed by atoms with van der Waals surface area (Å²) in [4.78, 5) is 38.0. The minimum absolute atomic E-state index is 0.0985. The Morgan fingerprint density at radius 3 is 2.46 bits per heavy atom. The zero-order valence-electron chi connectivity index (χ0n) is 13.3. The number of nitrogens with one attached hydrogen (secondary N) is 1. The van der Waals surface area contributed by atoms with Gasteiger partial charge in [0, 0.05) is 10.4 Å². The molecule has 3 rings (SSSR count). The Balaban J connectivity index is 2.05. The average molecular weight is 346 g/mol. The van der Waals surface area contributed by atoms with Gasteiger partial charge in [0.1, 0.15) is 11.4 Å². The van der Waals surface area contributed by atoms with Gasteiger partial charge in [-0.15, -0.1) is 11.3 Å². The van der Waals surface area contributed by atoms with Gasteiger partial charge in [-0.05, 0) is 51.1 Å². The van der Waals surface area contributed by atoms with Gasteiger partial charge >= 0.3 is 6.03 Å². The topological polar surface area (TPSA) is 66.5 Å². The number of rotatable bonds is 3. The predicted molar refractivity (Wildman–Crippen MR) is 89.8 cm³/mol. The number of benzene rings is 1. The molecule has 2 heterocycles. The van der Waals surface area contributed by atoms with Crippen molar-refractivity contribution < 1.29 is 18.8 Å². The maximum Gasteiger partial charge on any atom is 0.329 e. The summed E-state index contributed by atoms with van der Waals surface area (Å²) in [6, 6.07) is 6.79. The number of Topliss-reactive ketones (excluding diaryl/α,β-unsaturated/α-hetero) is 1. The van der Waals surface area contributed by atoms with Crippen LogP contribution in [0.3, 0.4) is 0 Å². The normalized spacial score (nSPS) is 16.4. The van der Waals surface area contributed by atoms with Crippen LogP contribution in [0.1, 0.15) is 30.4 Å². The third-order valence-corrected chi connectivity index (χ3v) is 5.01. The number of carbonyl (C=O) groups is 3. The molecule has 0 spiro atoms. The maximum absolute atomic E-state index is 14.2. The number of hydrogen-bond acceptors (Lipinski definition) is 4. The second-order valence-corrected chi connectivity index (χ2v) is 7.16. The van der Waals surface area contributed by atoms with Crippen molar-refractivity contribution in [1.82, 2.24) is 5.32 Å². The SMILES string of the molecule is CC(=O)c1ccc(-c2cc(N3C(=O)NC(C)(C)C3=O)ccc2F)s1. The number of imide groups is 1. The predicted octanol–water partition coefficient (Wildman–Crippen LogP) is 3.59. The lowest BCUT2D eigenvalue weighted by Gasteiger charge is -2.16. The number of ketones is 1. The number of urea groups is 1. The molecule has 1 aromatic carbocycles. The molecule has 0 atom stereocenters. The van der Waals surface area contributed by atoms with Gasteiger partial charge in [-0.1, -0.05) is 0 Å². The van der Waals surface area contributed by atoms with Crippen LogP contribution in [-0.4, -0.2) is 23.3 Å². The van der Waals surface area contributed by atoms with Crippen LogP contribution in [0.5, 0.6) is 0 Å². The highest BCUT2D eigenvalue weighted by Gasteiger charge is 2.45. The van der Waals surface area contributed by atoms with Crippen molar-refractivity contribution in [3.05, 3.63) is 41.0 Å². The van der Waals surface area contributed by atoms with Gasteiger partial charge < -0.3 is 5.32 Å². The van der Waals surface area contributed by atoms with Crippen molar-refractivity contribution in [2.75, 3.05) is 4.90 Å². The molecule has 0 radical (unpaired) electrons. The molecule has 2 aromatic rings. The number of carbonyl (C=O) groups excluding carboxylic acids is 3. The van der Waals surface area contributed by atoms with E-state index in [0.717, 1.165) is 4.90 Å². The Kier molecular flexibility index (Phi) is 3.76. The minimum Gasteiger partial charge on any atom is -0.323 e. The second kappa shape index (κ2) is 5.52. The zero-order valence-corrected chi connectivity index (χ0v) is 14.2. The highest BCUT2D eigenvalue weighted by Crippen LogP contribution is 2.34. The molecule has 1 N–H and O–H groups in total. The molecule has 1 saturated heterocycles. The molecule has 3 amide bonds. The van der Waals surface area contributed by atoms with E-state index >= 15 is 0 Å². The number of thiophene rings is 1. The monoisotopic (exact) mass is 346 g/mol. The van der Waals surface area contributed by atoms with Crippen LogP contribution in [0, 0.1) is 5.82 Å². The maximum atomic E-state index is 14.2. The van der Waals surface area contributed by atoms with Gasteiger partial charge in [0.15, 0.2) is 5.78 Å². The van der Waals surface area contributed by atoms with Crippen molar-refractivity contribution >= 4 is 34.7 Å². The van der Waals surface area contributed by atoms with Crippen LogP contribution in [-0.2, 0) is 4.79 Å². The van der Waals surface area contributed by atoms with E-state index in [4.69, 9.17) is 0 Å². The Bertz CT molecular complexity index is 872. The quantitative estimate of drug-likeness (QED) is 0.682. The molecule has 24 heavy (non-hydrogen) atoms. The van der Waals surface area contributed by atoms with Crippen LogP contribution in [0.4, 0.5) is 14.9 Å². The lowest BCUT2D eigenvalue weighted by atomic mass is 10.1. The molecule has 7 heteroatoms. The van der Waals surface area contributed by atoms with Crippen molar-refractivity contribution in [1.29, 1.82) is 0 Å². The van der Waals surface area contributed by atoms with E-state index in [1.165, 1.54) is 36.5 Å². The van der Waals surface area contributed by atoms with E-state index < -0.39 is 23.3 Å². The van der Waals surface area contributed by atoms with E-state index in [1.807, 2.05) is 0 Å². The van der Waals surface area contributed by atoms with E-state index in [0.29, 0.717) is 9.75 Å². The van der Waals surface area contributed by atoms with E-state index in [9.17, 15) is 18.8 Å². The first-order valence-corrected chi connectivity index (χ1v) is 8.10. The van der Waals surface area contributed by atoms with Crippen LogP contribution in [0.15, 0.2) is 30.3 Å². The van der Waals surface area contributed by atoms with Crippen molar-refractivity contribution in [3.63, 3.8) is 0 Å². The highest BCUT2D eigenvalue weighted by molar-refractivity contribution is 7.17. The van der Waals surface area contributed by atoms with Crippen molar-refractivity contribution in [2.45, 2.75) is 26.3 Å². The zero-order chi connectivity index (χ0) is 17.6. The van der Waals surface area contributed by atoms with Crippen LogP contribution < -0.4 is 10.2 Å². The number of anilines is 1. The van der Waals surface area contributed by atoms with Gasteiger partial charge in [-0.25, -0.2) is 14.1 Å². The molecule has 124 valence electrons. The third-order valence-electron chi connectivity index (χ3n) is 3.79. The summed E-state index contributed by atoms with van der Waals surface area (Å²) in [7, 11) is 0. The summed E-state index contributed by atoms with van der Waals surface area (Å²) in [6.07, 6.45) is 0. The Morgan fingerprint density at radius 1 is 1.21 bits per heavy atom. The summed E-state index contributed by atoms with van der Waals surface area (Å²) in [5.41, 5.74) is -0.469. The Hall–Kier alpha value is -2.54. The summed E-state index contributed by atoms with van der Waals surface area (Å²) in [5.74, 6) is -0.985. The molecule has 1 aromatic heterocycles. The van der Waals surface area contributed by atoms with Gasteiger partial charge in [0.25, 0.3) is 5.91 Å². The molecule has 0 saturated carbocycles. The molecule has 1 fully saturated rings. The lowest BCUT2D eigenvalue weighted by Crippen LogP contribution is -2.40. The fourth-order valence-corrected chi connectivity index (χ4v) is 3.42. The summed E-state index contributed by atoms with van der Waals surface area (Å²) in [5, 5.41) is 2.59. The smallest absolute Gasteiger partial charge is 0.323 e. The Labute approximate surface area is 142 Å². The lowest BCUT2D eigenvalue weighted by molar-refractivity contribution is -0.121. The fourth-order valence-electron chi connectivity index (χ4n) is 2.50. The van der Waals surface area contributed by atoms with Gasteiger partial charge in [0.2, 0.25) is 0 Å². The first-order chi connectivity index (χ1) is 11.2. The molecule has 5 nitrogen and oxygen atoms in total. The van der Waals surface area contributed by atoms with Crippen molar-refractivity contribution in [3.8, 4) is 10.4 Å². The van der Waals surface area contributed by atoms with E-state index in [2.05, 4.69) is 5.32 Å². The minimum atomic E-state index is -1.00. The van der Waals surface area contributed by atoms with Gasteiger partial charge in [-0.3, -0.25) is 9.59 Å². The summed E-state index contributed by atoms with van der Waals surface area (Å²) < 4.78 is 14.2. The first kappa shape index (κ1) is 16.3. The molecule has 1 aliphatic rings. The molecular weight excluding hydrogens is 331 g/mol. The summed E-state index contributed by atoms with van der Waals surface area (Å²) in [6.45, 7) is 4.66. The number of hydrogen-bond donors (Lipinski definition) is 1. The van der Waals surface area contributed by atoms with E-state index in [-0.39, 0.29) is 17.0 Å². The van der Waals surface area contributed by atoms with Crippen LogP contribution in [0.25, 0.3) is 10.4 Å².